The van der Waals surface area contributed by atoms with Crippen molar-refractivity contribution in [3.05, 3.63) is 22.7 Å². The first-order chi connectivity index (χ1) is 8.04. The van der Waals surface area contributed by atoms with Crippen LogP contribution in [0.1, 0.15) is 20.3 Å². The molecule has 5 heteroatoms. The van der Waals surface area contributed by atoms with E-state index < -0.39 is 0 Å². The predicted octanol–water partition coefficient (Wildman–Crippen LogP) is 2.36. The van der Waals surface area contributed by atoms with Gasteiger partial charge in [0.05, 0.1) is 0 Å². The zero-order valence-corrected chi connectivity index (χ0v) is 11.7. The fraction of sp³-hybridized carbons (Fsp3) is 0.417. The van der Waals surface area contributed by atoms with Gasteiger partial charge in [0.1, 0.15) is 6.04 Å². The number of nitrogens with two attached hydrogens (primary N) is 1. The Morgan fingerprint density at radius 1 is 1.53 bits per heavy atom. The van der Waals surface area contributed by atoms with Crippen molar-refractivity contribution >= 4 is 33.2 Å². The predicted molar refractivity (Wildman–Crippen MR) is 74.9 cm³/mol. The molecule has 1 aromatic rings. The molecule has 0 fully saturated rings. The van der Waals surface area contributed by atoms with Gasteiger partial charge in [0.25, 0.3) is 0 Å². The lowest BCUT2D eigenvalue weighted by Crippen LogP contribution is -2.37. The van der Waals surface area contributed by atoms with Crippen LogP contribution in [0.2, 0.25) is 0 Å². The van der Waals surface area contributed by atoms with Gasteiger partial charge in [0.2, 0.25) is 5.91 Å². The van der Waals surface area contributed by atoms with Crippen LogP contribution in [-0.4, -0.2) is 18.5 Å². The third-order valence-corrected chi connectivity index (χ3v) is 2.96. The molecule has 0 aliphatic heterocycles. The van der Waals surface area contributed by atoms with Crippen molar-refractivity contribution in [1.82, 2.24) is 5.32 Å². The molecular weight excluding hydrogens is 282 g/mol. The van der Waals surface area contributed by atoms with Crippen LogP contribution in [0.25, 0.3) is 0 Å². The van der Waals surface area contributed by atoms with E-state index >= 15 is 0 Å². The number of carbonyl (C=O) groups is 1. The lowest BCUT2D eigenvalue weighted by Gasteiger charge is -2.16. The fourth-order valence-electron chi connectivity index (χ4n) is 1.35. The number of carbonyl (C=O) groups excluding carboxylic acids is 1. The van der Waals surface area contributed by atoms with Gasteiger partial charge in [0, 0.05) is 22.4 Å². The average Bonchev–Trinajstić information content (AvgIpc) is 2.29. The number of hydrogen-bond acceptors (Lipinski definition) is 3. The van der Waals surface area contributed by atoms with Crippen LogP contribution >= 0.6 is 15.9 Å². The maximum Gasteiger partial charge on any atom is 0.242 e. The summed E-state index contributed by atoms with van der Waals surface area (Å²) in [5.74, 6) is -0.00410. The molecule has 17 heavy (non-hydrogen) atoms. The van der Waals surface area contributed by atoms with Gasteiger partial charge in [-0.05, 0) is 47.5 Å². The van der Waals surface area contributed by atoms with Gasteiger partial charge in [0.15, 0.2) is 0 Å². The van der Waals surface area contributed by atoms with Crippen LogP contribution in [-0.2, 0) is 4.79 Å². The maximum atomic E-state index is 11.7. The number of hydrogen-bond donors (Lipinski definition) is 3. The summed E-state index contributed by atoms with van der Waals surface area (Å²) in [4.78, 5) is 11.7. The summed E-state index contributed by atoms with van der Waals surface area (Å²) in [5, 5.41) is 5.97. The molecule has 0 saturated heterocycles. The van der Waals surface area contributed by atoms with E-state index in [1.807, 2.05) is 19.9 Å². The average molecular weight is 300 g/mol. The lowest BCUT2D eigenvalue weighted by molar-refractivity contribution is -0.121. The highest BCUT2D eigenvalue weighted by Crippen LogP contribution is 2.25. The molecule has 4 N–H and O–H groups in total. The molecule has 0 saturated carbocycles. The summed E-state index contributed by atoms with van der Waals surface area (Å²) in [6, 6.07) is 5.17. The number of halogens is 1. The van der Waals surface area contributed by atoms with Gasteiger partial charge in [-0.1, -0.05) is 6.92 Å². The number of amides is 1. The molecule has 0 heterocycles. The minimum atomic E-state index is -0.276. The molecule has 0 aromatic heterocycles. The summed E-state index contributed by atoms with van der Waals surface area (Å²) in [5.41, 5.74) is 7.19. The Bertz CT molecular complexity index is 395. The molecule has 1 unspecified atom stereocenters. The number of nitrogens with one attached hydrogen (secondary N) is 2. The van der Waals surface area contributed by atoms with Gasteiger partial charge in [-0.25, -0.2) is 0 Å². The van der Waals surface area contributed by atoms with Crippen molar-refractivity contribution in [3.8, 4) is 0 Å². The Hall–Kier alpha value is -1.23. The Kier molecular flexibility index (Phi) is 5.28. The number of rotatable bonds is 5. The van der Waals surface area contributed by atoms with E-state index in [1.54, 1.807) is 12.1 Å². The van der Waals surface area contributed by atoms with E-state index in [1.165, 1.54) is 0 Å². The highest BCUT2D eigenvalue weighted by Gasteiger charge is 2.12. The van der Waals surface area contributed by atoms with Crippen LogP contribution in [0, 0.1) is 0 Å². The van der Waals surface area contributed by atoms with Crippen LogP contribution in [0.3, 0.4) is 0 Å². The van der Waals surface area contributed by atoms with Crippen molar-refractivity contribution in [2.75, 3.05) is 17.6 Å². The van der Waals surface area contributed by atoms with E-state index in [0.29, 0.717) is 12.2 Å². The van der Waals surface area contributed by atoms with Crippen molar-refractivity contribution in [1.29, 1.82) is 0 Å². The van der Waals surface area contributed by atoms with Crippen molar-refractivity contribution in [2.24, 2.45) is 0 Å². The first-order valence-corrected chi connectivity index (χ1v) is 6.43. The van der Waals surface area contributed by atoms with E-state index in [4.69, 9.17) is 5.73 Å². The zero-order valence-electron chi connectivity index (χ0n) is 10.1. The summed E-state index contributed by atoms with van der Waals surface area (Å²) in [6.45, 7) is 4.55. The summed E-state index contributed by atoms with van der Waals surface area (Å²) >= 11 is 3.40. The van der Waals surface area contributed by atoms with Crippen LogP contribution in [0.5, 0.6) is 0 Å². The SMILES string of the molecule is CCCNC(=O)C(C)Nc1ccc(N)cc1Br. The first kappa shape index (κ1) is 13.8. The van der Waals surface area contributed by atoms with Gasteiger partial charge >= 0.3 is 0 Å². The molecular formula is C12H18BrN3O. The molecule has 0 aliphatic rings. The topological polar surface area (TPSA) is 67.2 Å². The first-order valence-electron chi connectivity index (χ1n) is 5.64. The molecule has 1 amide bonds. The summed E-state index contributed by atoms with van der Waals surface area (Å²) < 4.78 is 0.854. The highest BCUT2D eigenvalue weighted by molar-refractivity contribution is 9.10. The molecule has 1 rings (SSSR count). The number of nitrogen functional groups attached to an aromatic ring is 1. The van der Waals surface area contributed by atoms with Crippen LogP contribution in [0.15, 0.2) is 22.7 Å². The standard InChI is InChI=1S/C12H18BrN3O/c1-3-6-15-12(17)8(2)16-11-5-4-9(14)7-10(11)13/h4-5,7-8,16H,3,6,14H2,1-2H3,(H,15,17). The Morgan fingerprint density at radius 3 is 2.82 bits per heavy atom. The van der Waals surface area contributed by atoms with Crippen LogP contribution < -0.4 is 16.4 Å². The largest absolute Gasteiger partial charge is 0.399 e. The monoisotopic (exact) mass is 299 g/mol. The quantitative estimate of drug-likeness (QED) is 0.731. The highest BCUT2D eigenvalue weighted by atomic mass is 79.9. The third-order valence-electron chi connectivity index (χ3n) is 2.31. The second kappa shape index (κ2) is 6.49. The van der Waals surface area contributed by atoms with Crippen molar-refractivity contribution < 1.29 is 4.79 Å². The van der Waals surface area contributed by atoms with E-state index in [0.717, 1.165) is 16.6 Å². The molecule has 1 aromatic carbocycles. The maximum absolute atomic E-state index is 11.7. The third kappa shape index (κ3) is 4.26. The smallest absolute Gasteiger partial charge is 0.242 e. The minimum absolute atomic E-state index is 0.00410. The normalized spacial score (nSPS) is 11.9. The van der Waals surface area contributed by atoms with E-state index in [9.17, 15) is 4.79 Å². The summed E-state index contributed by atoms with van der Waals surface area (Å²) in [6.07, 6.45) is 0.935. The van der Waals surface area contributed by atoms with Gasteiger partial charge in [-0.15, -0.1) is 0 Å². The Morgan fingerprint density at radius 2 is 2.24 bits per heavy atom. The second-order valence-electron chi connectivity index (χ2n) is 3.90. The molecule has 0 aliphatic carbocycles. The fourth-order valence-corrected chi connectivity index (χ4v) is 1.86. The van der Waals surface area contributed by atoms with Gasteiger partial charge in [-0.2, -0.15) is 0 Å². The Labute approximate surface area is 110 Å². The molecule has 4 nitrogen and oxygen atoms in total. The van der Waals surface area contributed by atoms with Crippen molar-refractivity contribution in [2.45, 2.75) is 26.3 Å². The Balaban J connectivity index is 2.61. The number of anilines is 2. The zero-order chi connectivity index (χ0) is 12.8. The van der Waals surface area contributed by atoms with Gasteiger partial charge < -0.3 is 16.4 Å². The van der Waals surface area contributed by atoms with E-state index in [-0.39, 0.29) is 11.9 Å². The van der Waals surface area contributed by atoms with Crippen molar-refractivity contribution in [3.63, 3.8) is 0 Å². The molecule has 94 valence electrons. The second-order valence-corrected chi connectivity index (χ2v) is 4.75. The molecule has 0 spiro atoms. The van der Waals surface area contributed by atoms with E-state index in [2.05, 4.69) is 26.6 Å². The molecule has 1 atom stereocenters. The molecule has 0 radical (unpaired) electrons. The van der Waals surface area contributed by atoms with Crippen LogP contribution in [0.4, 0.5) is 11.4 Å². The minimum Gasteiger partial charge on any atom is -0.399 e. The summed E-state index contributed by atoms with van der Waals surface area (Å²) in [7, 11) is 0. The lowest BCUT2D eigenvalue weighted by atomic mass is 10.2. The molecule has 0 bridgehead atoms. The van der Waals surface area contributed by atoms with Gasteiger partial charge in [-0.3, -0.25) is 4.79 Å². The number of benzene rings is 1.